The van der Waals surface area contributed by atoms with Crippen LogP contribution in [0.1, 0.15) is 0 Å². The molecular formula is C8H11NO6S2. The maximum atomic E-state index is 11.8. The van der Waals surface area contributed by atoms with Crippen LogP contribution in [0.2, 0.25) is 0 Å². The van der Waals surface area contributed by atoms with Gasteiger partial charge in [0.15, 0.2) is 9.84 Å². The molecule has 1 unspecified atom stereocenters. The molecule has 0 amide bonds. The predicted octanol–water partition coefficient (Wildman–Crippen LogP) is -0.435. The van der Waals surface area contributed by atoms with Crippen molar-refractivity contribution in [2.75, 3.05) is 6.61 Å². The summed E-state index contributed by atoms with van der Waals surface area (Å²) in [5.74, 6) is 0. The highest BCUT2D eigenvalue weighted by Crippen LogP contribution is 2.13. The van der Waals surface area contributed by atoms with Gasteiger partial charge < -0.3 is 5.73 Å². The molecule has 0 aliphatic heterocycles. The molecule has 7 nitrogen and oxygen atoms in total. The molecule has 1 atom stereocenters. The van der Waals surface area contributed by atoms with Gasteiger partial charge in [0, 0.05) is 0 Å². The number of rotatable bonds is 5. The standard InChI is InChI=1S/C8H11NO6S2/c9-8(6-15-17(12,13)14)16(10,11)7-4-2-1-3-5-7/h1-5,8H,6,9H2,(H,12,13,14). The van der Waals surface area contributed by atoms with E-state index in [0.29, 0.717) is 0 Å². The van der Waals surface area contributed by atoms with Crippen LogP contribution in [-0.2, 0) is 24.4 Å². The summed E-state index contributed by atoms with van der Waals surface area (Å²) in [6, 6.07) is 7.27. The molecule has 0 bridgehead atoms. The fourth-order valence-corrected chi connectivity index (χ4v) is 2.57. The molecule has 9 heteroatoms. The van der Waals surface area contributed by atoms with Crippen molar-refractivity contribution in [1.29, 1.82) is 0 Å². The molecule has 0 heterocycles. The Morgan fingerprint density at radius 2 is 1.71 bits per heavy atom. The van der Waals surface area contributed by atoms with E-state index < -0.39 is 32.2 Å². The third kappa shape index (κ3) is 4.06. The average Bonchev–Trinajstić information content (AvgIpc) is 2.26. The molecule has 0 saturated carbocycles. The highest BCUT2D eigenvalue weighted by molar-refractivity contribution is 7.92. The van der Waals surface area contributed by atoms with Gasteiger partial charge in [-0.05, 0) is 12.1 Å². The smallest absolute Gasteiger partial charge is 0.313 e. The molecule has 96 valence electrons. The molecule has 0 spiro atoms. The second-order valence-electron chi connectivity index (χ2n) is 3.11. The Morgan fingerprint density at radius 3 is 2.18 bits per heavy atom. The Morgan fingerprint density at radius 1 is 1.18 bits per heavy atom. The fraction of sp³-hybridized carbons (Fsp3) is 0.250. The number of hydrogen-bond donors (Lipinski definition) is 2. The molecule has 0 radical (unpaired) electrons. The van der Waals surface area contributed by atoms with Gasteiger partial charge in [0.2, 0.25) is 0 Å². The zero-order valence-electron chi connectivity index (χ0n) is 8.55. The van der Waals surface area contributed by atoms with E-state index in [2.05, 4.69) is 4.18 Å². The largest absolute Gasteiger partial charge is 0.397 e. The van der Waals surface area contributed by atoms with E-state index in [0.717, 1.165) is 0 Å². The molecule has 1 aromatic rings. The summed E-state index contributed by atoms with van der Waals surface area (Å²) in [4.78, 5) is -0.0496. The van der Waals surface area contributed by atoms with E-state index >= 15 is 0 Å². The zero-order chi connectivity index (χ0) is 13.1. The van der Waals surface area contributed by atoms with Gasteiger partial charge >= 0.3 is 10.4 Å². The van der Waals surface area contributed by atoms with Gasteiger partial charge in [-0.25, -0.2) is 12.6 Å². The van der Waals surface area contributed by atoms with Crippen molar-refractivity contribution in [2.45, 2.75) is 10.3 Å². The molecule has 0 aliphatic rings. The summed E-state index contributed by atoms with van der Waals surface area (Å²) in [6.07, 6.45) is 0. The first-order chi connectivity index (χ1) is 7.73. The van der Waals surface area contributed by atoms with Crippen LogP contribution in [0.25, 0.3) is 0 Å². The van der Waals surface area contributed by atoms with E-state index in [1.165, 1.54) is 24.3 Å². The van der Waals surface area contributed by atoms with E-state index in [1.54, 1.807) is 6.07 Å². The first kappa shape index (κ1) is 14.1. The first-order valence-electron chi connectivity index (χ1n) is 4.40. The summed E-state index contributed by atoms with van der Waals surface area (Å²) < 4.78 is 56.3. The number of hydrogen-bond acceptors (Lipinski definition) is 6. The highest BCUT2D eigenvalue weighted by atomic mass is 32.3. The normalized spacial score (nSPS) is 14.5. The molecule has 1 aromatic carbocycles. The minimum Gasteiger partial charge on any atom is -0.313 e. The van der Waals surface area contributed by atoms with Gasteiger partial charge in [0.25, 0.3) is 0 Å². The summed E-state index contributed by atoms with van der Waals surface area (Å²) in [5.41, 5.74) is 5.30. The summed E-state index contributed by atoms with van der Waals surface area (Å²) in [5, 5.41) is -1.58. The van der Waals surface area contributed by atoms with Crippen LogP contribution in [0.4, 0.5) is 0 Å². The van der Waals surface area contributed by atoms with Gasteiger partial charge in [-0.15, -0.1) is 0 Å². The van der Waals surface area contributed by atoms with Crippen LogP contribution < -0.4 is 5.73 Å². The Kier molecular flexibility index (Phi) is 4.22. The Bertz CT molecular complexity index is 565. The van der Waals surface area contributed by atoms with E-state index in [1.807, 2.05) is 0 Å². The van der Waals surface area contributed by atoms with Gasteiger partial charge in [0.1, 0.15) is 5.37 Å². The monoisotopic (exact) mass is 281 g/mol. The lowest BCUT2D eigenvalue weighted by atomic mass is 10.4. The van der Waals surface area contributed by atoms with Crippen LogP contribution in [0.3, 0.4) is 0 Å². The molecule has 3 N–H and O–H groups in total. The molecular weight excluding hydrogens is 270 g/mol. The van der Waals surface area contributed by atoms with Crippen LogP contribution >= 0.6 is 0 Å². The lowest BCUT2D eigenvalue weighted by molar-refractivity contribution is 0.267. The molecule has 0 fully saturated rings. The molecule has 0 aromatic heterocycles. The van der Waals surface area contributed by atoms with Crippen LogP contribution in [0.5, 0.6) is 0 Å². The van der Waals surface area contributed by atoms with Gasteiger partial charge in [0.05, 0.1) is 11.5 Å². The molecule has 0 saturated heterocycles. The average molecular weight is 281 g/mol. The van der Waals surface area contributed by atoms with Gasteiger partial charge in [-0.3, -0.25) is 4.55 Å². The van der Waals surface area contributed by atoms with Crippen molar-refractivity contribution in [3.05, 3.63) is 30.3 Å². The minimum atomic E-state index is -4.71. The van der Waals surface area contributed by atoms with E-state index in [9.17, 15) is 16.8 Å². The van der Waals surface area contributed by atoms with Crippen molar-refractivity contribution >= 4 is 20.2 Å². The van der Waals surface area contributed by atoms with Gasteiger partial charge in [-0.2, -0.15) is 8.42 Å². The second kappa shape index (κ2) is 5.10. The van der Waals surface area contributed by atoms with Crippen molar-refractivity contribution in [1.82, 2.24) is 0 Å². The third-order valence-electron chi connectivity index (χ3n) is 1.85. The van der Waals surface area contributed by atoms with Crippen molar-refractivity contribution < 1.29 is 25.6 Å². The van der Waals surface area contributed by atoms with Crippen molar-refractivity contribution in [2.24, 2.45) is 5.73 Å². The Balaban J connectivity index is 2.86. The summed E-state index contributed by atoms with van der Waals surface area (Å²) >= 11 is 0. The fourth-order valence-electron chi connectivity index (χ4n) is 1.03. The molecule has 0 aliphatic carbocycles. The molecule has 17 heavy (non-hydrogen) atoms. The van der Waals surface area contributed by atoms with Crippen molar-refractivity contribution in [3.8, 4) is 0 Å². The SMILES string of the molecule is NC(COS(=O)(=O)O)S(=O)(=O)c1ccccc1. The number of nitrogens with two attached hydrogens (primary N) is 1. The maximum absolute atomic E-state index is 11.8. The quantitative estimate of drug-likeness (QED) is 0.701. The Labute approximate surface area is 99.1 Å². The lowest BCUT2D eigenvalue weighted by Gasteiger charge is -2.11. The van der Waals surface area contributed by atoms with Crippen LogP contribution in [-0.4, -0.2) is 33.4 Å². The number of sulfone groups is 1. The number of benzene rings is 1. The van der Waals surface area contributed by atoms with E-state index in [-0.39, 0.29) is 4.90 Å². The summed E-state index contributed by atoms with van der Waals surface area (Å²) in [6.45, 7) is -0.851. The molecule has 1 rings (SSSR count). The second-order valence-corrected chi connectivity index (χ2v) is 6.37. The summed E-state index contributed by atoms with van der Waals surface area (Å²) in [7, 11) is -8.59. The van der Waals surface area contributed by atoms with Crippen molar-refractivity contribution in [3.63, 3.8) is 0 Å². The van der Waals surface area contributed by atoms with Crippen LogP contribution in [0.15, 0.2) is 35.2 Å². The minimum absolute atomic E-state index is 0.0496. The Hall–Kier alpha value is -1.00. The topological polar surface area (TPSA) is 124 Å². The predicted molar refractivity (Wildman–Crippen MR) is 59.1 cm³/mol. The highest BCUT2D eigenvalue weighted by Gasteiger charge is 2.25. The first-order valence-corrected chi connectivity index (χ1v) is 7.31. The maximum Gasteiger partial charge on any atom is 0.397 e. The van der Waals surface area contributed by atoms with E-state index in [4.69, 9.17) is 10.3 Å². The lowest BCUT2D eigenvalue weighted by Crippen LogP contribution is -2.36. The zero-order valence-corrected chi connectivity index (χ0v) is 10.2. The van der Waals surface area contributed by atoms with Gasteiger partial charge in [-0.1, -0.05) is 18.2 Å². The van der Waals surface area contributed by atoms with Crippen LogP contribution in [0, 0.1) is 0 Å². The third-order valence-corrected chi connectivity index (χ3v) is 4.15.